The largest absolute Gasteiger partial charge is 0.339 e. The summed E-state index contributed by atoms with van der Waals surface area (Å²) < 4.78 is 26.9. The normalized spacial score (nSPS) is 9.42. The van der Waals surface area contributed by atoms with Crippen molar-refractivity contribution in [3.05, 3.63) is 33.6 Å². The Labute approximate surface area is 115 Å². The SMILES string of the molecule is Cc1csc(C)c1.Cc1nc(C(=O)N=S(=O)=O)no1. The summed E-state index contributed by atoms with van der Waals surface area (Å²) >= 11 is 1.80. The van der Waals surface area contributed by atoms with Gasteiger partial charge in [-0.05, 0) is 30.9 Å². The first-order valence-corrected chi connectivity index (χ1v) is 6.97. The molecule has 0 aromatic carbocycles. The summed E-state index contributed by atoms with van der Waals surface area (Å²) in [5.41, 5.74) is 1.38. The third-order valence-electron chi connectivity index (χ3n) is 1.74. The van der Waals surface area contributed by atoms with Gasteiger partial charge in [-0.15, -0.1) is 11.3 Å². The van der Waals surface area contributed by atoms with Gasteiger partial charge in [0.15, 0.2) is 0 Å². The summed E-state index contributed by atoms with van der Waals surface area (Å²) in [6.45, 7) is 5.71. The number of aromatic nitrogens is 2. The lowest BCUT2D eigenvalue weighted by molar-refractivity contribution is 0.0992. The lowest BCUT2D eigenvalue weighted by atomic mass is 10.4. The van der Waals surface area contributed by atoms with E-state index in [2.05, 4.69) is 44.3 Å². The van der Waals surface area contributed by atoms with E-state index >= 15 is 0 Å². The number of amides is 1. The first-order chi connectivity index (χ1) is 8.88. The molecule has 2 aromatic rings. The van der Waals surface area contributed by atoms with Gasteiger partial charge in [-0.3, -0.25) is 4.79 Å². The molecule has 0 fully saturated rings. The molecule has 9 heteroatoms. The molecule has 0 atom stereocenters. The molecule has 0 saturated carbocycles. The van der Waals surface area contributed by atoms with E-state index in [1.807, 2.05) is 0 Å². The van der Waals surface area contributed by atoms with E-state index < -0.39 is 16.4 Å². The molecule has 0 aliphatic carbocycles. The van der Waals surface area contributed by atoms with Crippen LogP contribution in [0.1, 0.15) is 27.0 Å². The molecular formula is C10H11N3O4S2. The summed E-state index contributed by atoms with van der Waals surface area (Å²) in [7, 11) is -2.78. The molecule has 2 rings (SSSR count). The average molecular weight is 301 g/mol. The van der Waals surface area contributed by atoms with Crippen LogP contribution in [0.25, 0.3) is 0 Å². The topological polar surface area (TPSA) is 102 Å². The number of thiophene rings is 1. The summed E-state index contributed by atoms with van der Waals surface area (Å²) in [4.78, 5) is 15.6. The fourth-order valence-corrected chi connectivity index (χ4v) is 1.98. The molecular weight excluding hydrogens is 290 g/mol. The van der Waals surface area contributed by atoms with Gasteiger partial charge in [-0.1, -0.05) is 9.52 Å². The minimum atomic E-state index is -2.78. The fourth-order valence-electron chi connectivity index (χ4n) is 1.07. The Morgan fingerprint density at radius 3 is 2.37 bits per heavy atom. The zero-order valence-corrected chi connectivity index (χ0v) is 12.1. The molecule has 0 radical (unpaired) electrons. The molecule has 0 unspecified atom stereocenters. The standard InChI is InChI=1S/C6H8S.C4H3N3O4S/c1-5-3-6(2)7-4-5;1-2-5-3(6-11-2)4(8)7-12(9)10/h3-4H,1-2H3;1H3. The quantitative estimate of drug-likeness (QED) is 0.797. The Morgan fingerprint density at radius 1 is 1.37 bits per heavy atom. The number of rotatable bonds is 1. The molecule has 0 aliphatic heterocycles. The molecule has 102 valence electrons. The summed E-state index contributed by atoms with van der Waals surface area (Å²) in [5.74, 6) is -1.23. The lowest BCUT2D eigenvalue weighted by Gasteiger charge is -1.75. The zero-order valence-electron chi connectivity index (χ0n) is 10.4. The lowest BCUT2D eigenvalue weighted by Crippen LogP contribution is -1.96. The number of carbonyl (C=O) groups is 1. The van der Waals surface area contributed by atoms with E-state index in [9.17, 15) is 13.2 Å². The molecule has 19 heavy (non-hydrogen) atoms. The van der Waals surface area contributed by atoms with E-state index in [1.54, 1.807) is 11.3 Å². The maximum Gasteiger partial charge on any atom is 0.333 e. The van der Waals surface area contributed by atoms with E-state index in [1.165, 1.54) is 17.4 Å². The van der Waals surface area contributed by atoms with E-state index in [4.69, 9.17) is 0 Å². The summed E-state index contributed by atoms with van der Waals surface area (Å²) in [6, 6.07) is 2.19. The molecule has 2 heterocycles. The van der Waals surface area contributed by atoms with Gasteiger partial charge in [-0.25, -0.2) is 0 Å². The van der Waals surface area contributed by atoms with Gasteiger partial charge in [-0.2, -0.15) is 13.4 Å². The first-order valence-electron chi connectivity index (χ1n) is 5.06. The third-order valence-corrected chi connectivity index (χ3v) is 3.03. The van der Waals surface area contributed by atoms with Crippen LogP contribution in [0.15, 0.2) is 20.3 Å². The van der Waals surface area contributed by atoms with Crippen molar-refractivity contribution in [3.63, 3.8) is 0 Å². The first kappa shape index (κ1) is 15.2. The molecule has 1 amide bonds. The van der Waals surface area contributed by atoms with Crippen LogP contribution >= 0.6 is 11.3 Å². The Balaban J connectivity index is 0.000000218. The minimum Gasteiger partial charge on any atom is -0.339 e. The Kier molecular flexibility index (Phi) is 5.52. The van der Waals surface area contributed by atoms with Crippen molar-refractivity contribution >= 4 is 27.7 Å². The van der Waals surface area contributed by atoms with E-state index in [0.717, 1.165) is 0 Å². The second kappa shape index (κ2) is 6.90. The van der Waals surface area contributed by atoms with Crippen LogP contribution in [0.4, 0.5) is 0 Å². The smallest absolute Gasteiger partial charge is 0.333 e. The van der Waals surface area contributed by atoms with Gasteiger partial charge >= 0.3 is 16.4 Å². The highest BCUT2D eigenvalue weighted by Crippen LogP contribution is 2.10. The number of aryl methyl sites for hydroxylation is 3. The molecule has 0 N–H and O–H groups in total. The molecule has 0 saturated heterocycles. The molecule has 0 bridgehead atoms. The van der Waals surface area contributed by atoms with Crippen molar-refractivity contribution < 1.29 is 17.7 Å². The maximum absolute atomic E-state index is 10.7. The number of nitrogens with zero attached hydrogens (tertiary/aromatic N) is 3. The highest BCUT2D eigenvalue weighted by atomic mass is 32.2. The molecule has 0 spiro atoms. The average Bonchev–Trinajstić information content (AvgIpc) is 2.87. The van der Waals surface area contributed by atoms with Crippen molar-refractivity contribution in [1.29, 1.82) is 0 Å². The Morgan fingerprint density at radius 2 is 2.05 bits per heavy atom. The van der Waals surface area contributed by atoms with Crippen molar-refractivity contribution in [2.24, 2.45) is 4.36 Å². The van der Waals surface area contributed by atoms with Crippen molar-refractivity contribution in [2.45, 2.75) is 20.8 Å². The predicted octanol–water partition coefficient (Wildman–Crippen LogP) is 1.95. The fraction of sp³-hybridized carbons (Fsp3) is 0.300. The van der Waals surface area contributed by atoms with Gasteiger partial charge < -0.3 is 4.52 Å². The van der Waals surface area contributed by atoms with Crippen molar-refractivity contribution in [3.8, 4) is 0 Å². The van der Waals surface area contributed by atoms with Crippen LogP contribution in [0.2, 0.25) is 0 Å². The second-order valence-corrected chi connectivity index (χ2v) is 5.22. The van der Waals surface area contributed by atoms with E-state index in [0.29, 0.717) is 0 Å². The van der Waals surface area contributed by atoms with Crippen LogP contribution in [0.3, 0.4) is 0 Å². The van der Waals surface area contributed by atoms with Crippen LogP contribution in [-0.2, 0) is 10.5 Å². The van der Waals surface area contributed by atoms with Crippen molar-refractivity contribution in [1.82, 2.24) is 10.1 Å². The van der Waals surface area contributed by atoms with Crippen LogP contribution in [-0.4, -0.2) is 24.5 Å². The summed E-state index contributed by atoms with van der Waals surface area (Å²) in [6.07, 6.45) is 0. The van der Waals surface area contributed by atoms with E-state index in [-0.39, 0.29) is 11.7 Å². The minimum absolute atomic E-state index is 0.172. The highest BCUT2D eigenvalue weighted by Gasteiger charge is 2.11. The van der Waals surface area contributed by atoms with Crippen LogP contribution in [0, 0.1) is 20.8 Å². The zero-order chi connectivity index (χ0) is 14.4. The number of hydrogen-bond acceptors (Lipinski definition) is 7. The van der Waals surface area contributed by atoms with Gasteiger partial charge in [0.25, 0.3) is 5.82 Å². The van der Waals surface area contributed by atoms with Gasteiger partial charge in [0.2, 0.25) is 5.89 Å². The number of carbonyl (C=O) groups excluding carboxylic acids is 1. The summed E-state index contributed by atoms with van der Waals surface area (Å²) in [5, 5.41) is 5.33. The Hall–Kier alpha value is -1.87. The van der Waals surface area contributed by atoms with Gasteiger partial charge in [0.1, 0.15) is 0 Å². The van der Waals surface area contributed by atoms with Gasteiger partial charge in [0.05, 0.1) is 0 Å². The second-order valence-electron chi connectivity index (χ2n) is 3.49. The molecule has 2 aromatic heterocycles. The van der Waals surface area contributed by atoms with Crippen LogP contribution in [0.5, 0.6) is 0 Å². The highest BCUT2D eigenvalue weighted by molar-refractivity contribution is 7.62. The number of hydrogen-bond donors (Lipinski definition) is 0. The molecule has 0 aliphatic rings. The molecule has 7 nitrogen and oxygen atoms in total. The van der Waals surface area contributed by atoms with Gasteiger partial charge in [0, 0.05) is 11.8 Å². The van der Waals surface area contributed by atoms with Crippen LogP contribution < -0.4 is 0 Å². The third kappa shape index (κ3) is 5.53. The van der Waals surface area contributed by atoms with Crippen molar-refractivity contribution in [2.75, 3.05) is 0 Å². The Bertz CT molecular complexity index is 675. The monoisotopic (exact) mass is 301 g/mol. The predicted molar refractivity (Wildman–Crippen MR) is 68.5 cm³/mol. The maximum atomic E-state index is 10.7.